The standard InChI is InChI=1S/C21H23N5O3S/c1-16-2-8-20(9-3-16)30(27,28)25-18-6-4-17(5-7-18)23-21-14-19(15-22-24-21)26-10-12-29-13-11-26/h2-9,14-15,25H,10-13H2,1H3,(H,23,24). The second kappa shape index (κ2) is 8.68. The van der Waals surface area contributed by atoms with Gasteiger partial charge < -0.3 is 15.0 Å². The molecule has 0 aliphatic carbocycles. The van der Waals surface area contributed by atoms with E-state index in [1.165, 1.54) is 0 Å². The third-order valence-corrected chi connectivity index (χ3v) is 6.15. The van der Waals surface area contributed by atoms with Crippen molar-refractivity contribution in [3.05, 3.63) is 66.4 Å². The van der Waals surface area contributed by atoms with Crippen LogP contribution >= 0.6 is 0 Å². The predicted octanol–water partition coefficient (Wildman–Crippen LogP) is 3.17. The van der Waals surface area contributed by atoms with E-state index in [1.54, 1.807) is 54.7 Å². The van der Waals surface area contributed by atoms with Gasteiger partial charge in [0.25, 0.3) is 10.0 Å². The van der Waals surface area contributed by atoms with Crippen LogP contribution in [-0.4, -0.2) is 44.9 Å². The molecule has 0 saturated carbocycles. The molecule has 0 amide bonds. The first kappa shape index (κ1) is 20.1. The minimum absolute atomic E-state index is 0.227. The topological polar surface area (TPSA) is 96.5 Å². The zero-order valence-corrected chi connectivity index (χ0v) is 17.4. The van der Waals surface area contributed by atoms with Crippen LogP contribution in [0.2, 0.25) is 0 Å². The Balaban J connectivity index is 1.43. The van der Waals surface area contributed by atoms with Gasteiger partial charge in [0, 0.05) is 30.5 Å². The Morgan fingerprint density at radius 2 is 1.63 bits per heavy atom. The molecule has 1 aliphatic rings. The molecular formula is C21H23N5O3S. The van der Waals surface area contributed by atoms with Crippen LogP contribution in [-0.2, 0) is 14.8 Å². The molecule has 2 heterocycles. The minimum atomic E-state index is -3.63. The number of aryl methyl sites for hydroxylation is 1. The Hall–Kier alpha value is -3.17. The average molecular weight is 426 g/mol. The van der Waals surface area contributed by atoms with Gasteiger partial charge in [0.2, 0.25) is 0 Å². The number of sulfonamides is 1. The van der Waals surface area contributed by atoms with Crippen LogP contribution in [0.4, 0.5) is 22.9 Å². The van der Waals surface area contributed by atoms with Crippen LogP contribution < -0.4 is 14.9 Å². The summed E-state index contributed by atoms with van der Waals surface area (Å²) in [5, 5.41) is 11.4. The number of ether oxygens (including phenoxy) is 1. The molecule has 1 fully saturated rings. The van der Waals surface area contributed by atoms with Crippen LogP contribution in [0, 0.1) is 6.92 Å². The van der Waals surface area contributed by atoms with Gasteiger partial charge in [-0.15, -0.1) is 5.10 Å². The average Bonchev–Trinajstić information content (AvgIpc) is 2.76. The number of anilines is 4. The lowest BCUT2D eigenvalue weighted by atomic mass is 10.2. The summed E-state index contributed by atoms with van der Waals surface area (Å²) < 4.78 is 33.0. The molecule has 0 spiro atoms. The first-order valence-electron chi connectivity index (χ1n) is 9.62. The molecule has 8 nitrogen and oxygen atoms in total. The summed E-state index contributed by atoms with van der Waals surface area (Å²) in [7, 11) is -3.63. The second-order valence-corrected chi connectivity index (χ2v) is 8.70. The molecule has 1 aromatic heterocycles. The Kier molecular flexibility index (Phi) is 5.82. The summed E-state index contributed by atoms with van der Waals surface area (Å²) in [6.07, 6.45) is 1.74. The maximum absolute atomic E-state index is 12.5. The SMILES string of the molecule is Cc1ccc(S(=O)(=O)Nc2ccc(Nc3cc(N4CCOCC4)cnn3)cc2)cc1. The van der Waals surface area contributed by atoms with E-state index in [-0.39, 0.29) is 4.90 Å². The van der Waals surface area contributed by atoms with E-state index in [0.717, 1.165) is 30.0 Å². The summed E-state index contributed by atoms with van der Waals surface area (Å²) in [5.74, 6) is 0.618. The van der Waals surface area contributed by atoms with Gasteiger partial charge in [0.1, 0.15) is 0 Å². The highest BCUT2D eigenvalue weighted by Gasteiger charge is 2.14. The van der Waals surface area contributed by atoms with Crippen molar-refractivity contribution < 1.29 is 13.2 Å². The maximum Gasteiger partial charge on any atom is 0.261 e. The zero-order valence-electron chi connectivity index (χ0n) is 16.6. The van der Waals surface area contributed by atoms with Gasteiger partial charge in [-0.1, -0.05) is 17.7 Å². The van der Waals surface area contributed by atoms with Crippen molar-refractivity contribution in [2.75, 3.05) is 41.2 Å². The van der Waals surface area contributed by atoms with Crippen molar-refractivity contribution in [3.8, 4) is 0 Å². The molecule has 2 N–H and O–H groups in total. The molecule has 1 aliphatic heterocycles. The van der Waals surface area contributed by atoms with Crippen molar-refractivity contribution in [2.45, 2.75) is 11.8 Å². The van der Waals surface area contributed by atoms with Crippen LogP contribution in [0.15, 0.2) is 65.7 Å². The van der Waals surface area contributed by atoms with Crippen LogP contribution in [0.5, 0.6) is 0 Å². The highest BCUT2D eigenvalue weighted by molar-refractivity contribution is 7.92. The van der Waals surface area contributed by atoms with Gasteiger partial charge in [0.15, 0.2) is 5.82 Å². The molecule has 3 aromatic rings. The van der Waals surface area contributed by atoms with Crippen molar-refractivity contribution in [1.29, 1.82) is 0 Å². The monoisotopic (exact) mass is 425 g/mol. The molecule has 0 radical (unpaired) electrons. The Morgan fingerprint density at radius 3 is 2.33 bits per heavy atom. The third-order valence-electron chi connectivity index (χ3n) is 4.76. The van der Waals surface area contributed by atoms with Crippen molar-refractivity contribution in [2.24, 2.45) is 0 Å². The van der Waals surface area contributed by atoms with Gasteiger partial charge in [-0.25, -0.2) is 8.42 Å². The Bertz CT molecular complexity index is 1100. The number of aromatic nitrogens is 2. The quantitative estimate of drug-likeness (QED) is 0.626. The number of hydrogen-bond acceptors (Lipinski definition) is 7. The number of morpholine rings is 1. The van der Waals surface area contributed by atoms with E-state index in [1.807, 2.05) is 13.0 Å². The van der Waals surface area contributed by atoms with Gasteiger partial charge >= 0.3 is 0 Å². The summed E-state index contributed by atoms with van der Waals surface area (Å²) in [6, 6.07) is 15.6. The van der Waals surface area contributed by atoms with Gasteiger partial charge in [-0.2, -0.15) is 5.10 Å². The van der Waals surface area contributed by atoms with Crippen LogP contribution in [0.25, 0.3) is 0 Å². The fourth-order valence-electron chi connectivity index (χ4n) is 3.11. The molecule has 1 saturated heterocycles. The first-order valence-corrected chi connectivity index (χ1v) is 11.1. The van der Waals surface area contributed by atoms with Crippen molar-refractivity contribution >= 4 is 32.9 Å². The predicted molar refractivity (Wildman–Crippen MR) is 117 cm³/mol. The van der Waals surface area contributed by atoms with Gasteiger partial charge in [0.05, 0.1) is 30.0 Å². The third kappa shape index (κ3) is 4.87. The number of nitrogens with one attached hydrogen (secondary N) is 2. The van der Waals surface area contributed by atoms with Crippen LogP contribution in [0.3, 0.4) is 0 Å². The molecule has 30 heavy (non-hydrogen) atoms. The molecule has 0 atom stereocenters. The Labute approximate surface area is 176 Å². The number of benzene rings is 2. The van der Waals surface area contributed by atoms with E-state index >= 15 is 0 Å². The second-order valence-electron chi connectivity index (χ2n) is 7.02. The fourth-order valence-corrected chi connectivity index (χ4v) is 4.17. The summed E-state index contributed by atoms with van der Waals surface area (Å²) >= 11 is 0. The van der Waals surface area contributed by atoms with E-state index in [4.69, 9.17) is 4.74 Å². The highest BCUT2D eigenvalue weighted by Crippen LogP contribution is 2.23. The zero-order chi connectivity index (χ0) is 21.0. The van der Waals surface area contributed by atoms with E-state index in [9.17, 15) is 8.42 Å². The van der Waals surface area contributed by atoms with E-state index < -0.39 is 10.0 Å². The Morgan fingerprint density at radius 1 is 0.967 bits per heavy atom. The molecule has 9 heteroatoms. The van der Waals surface area contributed by atoms with E-state index in [2.05, 4.69) is 25.1 Å². The molecule has 0 bridgehead atoms. The summed E-state index contributed by atoms with van der Waals surface area (Å²) in [5.41, 5.74) is 3.25. The lowest BCUT2D eigenvalue weighted by Crippen LogP contribution is -2.36. The van der Waals surface area contributed by atoms with Crippen LogP contribution in [0.1, 0.15) is 5.56 Å². The van der Waals surface area contributed by atoms with Gasteiger partial charge in [-0.3, -0.25) is 4.72 Å². The fraction of sp³-hybridized carbons (Fsp3) is 0.238. The lowest BCUT2D eigenvalue weighted by Gasteiger charge is -2.28. The van der Waals surface area contributed by atoms with E-state index in [0.29, 0.717) is 24.7 Å². The maximum atomic E-state index is 12.5. The van der Waals surface area contributed by atoms with Crippen molar-refractivity contribution in [3.63, 3.8) is 0 Å². The number of hydrogen-bond donors (Lipinski definition) is 2. The summed E-state index contributed by atoms with van der Waals surface area (Å²) in [4.78, 5) is 2.43. The molecule has 156 valence electrons. The molecule has 0 unspecified atom stereocenters. The smallest absolute Gasteiger partial charge is 0.261 e. The first-order chi connectivity index (χ1) is 14.5. The number of nitrogens with zero attached hydrogens (tertiary/aromatic N) is 3. The highest BCUT2D eigenvalue weighted by atomic mass is 32.2. The molecular weight excluding hydrogens is 402 g/mol. The largest absolute Gasteiger partial charge is 0.378 e. The molecule has 2 aromatic carbocycles. The minimum Gasteiger partial charge on any atom is -0.378 e. The normalized spacial score (nSPS) is 14.4. The molecule has 4 rings (SSSR count). The summed E-state index contributed by atoms with van der Waals surface area (Å²) in [6.45, 7) is 4.95. The van der Waals surface area contributed by atoms with Crippen molar-refractivity contribution in [1.82, 2.24) is 10.2 Å². The van der Waals surface area contributed by atoms with Gasteiger partial charge in [-0.05, 0) is 43.3 Å². The number of rotatable bonds is 6. The lowest BCUT2D eigenvalue weighted by molar-refractivity contribution is 0.122.